The van der Waals surface area contributed by atoms with Crippen LogP contribution >= 0.6 is 0 Å². The van der Waals surface area contributed by atoms with Gasteiger partial charge in [0, 0.05) is 25.2 Å². The molecule has 8 nitrogen and oxygen atoms in total. The first-order valence-corrected chi connectivity index (χ1v) is 7.56. The van der Waals surface area contributed by atoms with E-state index < -0.39 is 0 Å². The summed E-state index contributed by atoms with van der Waals surface area (Å²) in [6.07, 6.45) is 4.74. The van der Waals surface area contributed by atoms with Crippen molar-refractivity contribution in [1.29, 1.82) is 5.26 Å². The minimum atomic E-state index is -0.210. The molecule has 2 aromatic heterocycles. The van der Waals surface area contributed by atoms with Crippen molar-refractivity contribution in [3.63, 3.8) is 0 Å². The van der Waals surface area contributed by atoms with Gasteiger partial charge in [0.05, 0.1) is 11.8 Å². The average molecular weight is 311 g/mol. The second kappa shape index (κ2) is 6.87. The maximum absolute atomic E-state index is 11.2. The first kappa shape index (κ1) is 15.0. The topological polar surface area (TPSA) is 111 Å². The van der Waals surface area contributed by atoms with Crippen molar-refractivity contribution in [3.05, 3.63) is 40.3 Å². The molecule has 118 valence electrons. The number of aromatic nitrogens is 4. The number of piperidine rings is 1. The smallest absolute Gasteiger partial charge is 0.264 e. The van der Waals surface area contributed by atoms with Crippen LogP contribution in [0.4, 0.5) is 11.6 Å². The van der Waals surface area contributed by atoms with E-state index in [1.54, 1.807) is 12.1 Å². The number of nitrogens with one attached hydrogen (secondary N) is 2. The van der Waals surface area contributed by atoms with Crippen LogP contribution in [0.2, 0.25) is 0 Å². The SMILES string of the molecule is N#Cc1ccnnc1NCC1CCCCN1c1ccc(=O)[nH]n1. The van der Waals surface area contributed by atoms with E-state index in [9.17, 15) is 4.79 Å². The van der Waals surface area contributed by atoms with Crippen molar-refractivity contribution >= 4 is 11.6 Å². The third kappa shape index (κ3) is 3.45. The second-order valence-electron chi connectivity index (χ2n) is 5.41. The number of rotatable bonds is 4. The van der Waals surface area contributed by atoms with Crippen LogP contribution in [0.3, 0.4) is 0 Å². The first-order chi connectivity index (χ1) is 11.3. The van der Waals surface area contributed by atoms with Gasteiger partial charge in [0.25, 0.3) is 5.56 Å². The van der Waals surface area contributed by atoms with E-state index in [4.69, 9.17) is 5.26 Å². The fourth-order valence-electron chi connectivity index (χ4n) is 2.78. The molecule has 2 aromatic rings. The highest BCUT2D eigenvalue weighted by Crippen LogP contribution is 2.22. The van der Waals surface area contributed by atoms with E-state index in [0.717, 1.165) is 31.6 Å². The third-order valence-electron chi connectivity index (χ3n) is 3.93. The second-order valence-corrected chi connectivity index (χ2v) is 5.41. The van der Waals surface area contributed by atoms with Crippen LogP contribution in [0.15, 0.2) is 29.2 Å². The molecule has 1 aliphatic rings. The lowest BCUT2D eigenvalue weighted by Crippen LogP contribution is -2.44. The highest BCUT2D eigenvalue weighted by Gasteiger charge is 2.24. The molecule has 0 bridgehead atoms. The molecule has 1 saturated heterocycles. The van der Waals surface area contributed by atoms with Crippen LogP contribution < -0.4 is 15.8 Å². The van der Waals surface area contributed by atoms with Gasteiger partial charge in [-0.05, 0) is 31.4 Å². The Kier molecular flexibility index (Phi) is 4.47. The number of hydrogen-bond acceptors (Lipinski definition) is 7. The summed E-state index contributed by atoms with van der Waals surface area (Å²) in [6, 6.07) is 7.18. The maximum atomic E-state index is 11.2. The van der Waals surface area contributed by atoms with Crippen molar-refractivity contribution < 1.29 is 0 Å². The molecule has 3 rings (SSSR count). The molecule has 23 heavy (non-hydrogen) atoms. The Morgan fingerprint density at radius 1 is 1.39 bits per heavy atom. The zero-order valence-electron chi connectivity index (χ0n) is 12.6. The predicted octanol–water partition coefficient (Wildman–Crippen LogP) is 0.903. The van der Waals surface area contributed by atoms with Crippen LogP contribution in [0, 0.1) is 11.3 Å². The summed E-state index contributed by atoms with van der Waals surface area (Å²) in [7, 11) is 0. The van der Waals surface area contributed by atoms with Crippen molar-refractivity contribution in [2.75, 3.05) is 23.3 Å². The van der Waals surface area contributed by atoms with E-state index in [0.29, 0.717) is 17.9 Å². The average Bonchev–Trinajstić information content (AvgIpc) is 2.61. The number of hydrogen-bond donors (Lipinski definition) is 2. The van der Waals surface area contributed by atoms with E-state index in [1.165, 1.54) is 12.3 Å². The minimum absolute atomic E-state index is 0.210. The van der Waals surface area contributed by atoms with Crippen LogP contribution in [0.5, 0.6) is 0 Å². The van der Waals surface area contributed by atoms with Gasteiger partial charge in [0.15, 0.2) is 5.82 Å². The predicted molar refractivity (Wildman–Crippen MR) is 85.1 cm³/mol. The van der Waals surface area contributed by atoms with E-state index >= 15 is 0 Å². The van der Waals surface area contributed by atoms with Crippen molar-refractivity contribution in [2.45, 2.75) is 25.3 Å². The largest absolute Gasteiger partial charge is 0.365 e. The summed E-state index contributed by atoms with van der Waals surface area (Å²) in [6.45, 7) is 1.52. The summed E-state index contributed by atoms with van der Waals surface area (Å²) < 4.78 is 0. The van der Waals surface area contributed by atoms with Gasteiger partial charge >= 0.3 is 0 Å². The summed E-state index contributed by atoms with van der Waals surface area (Å²) in [5, 5.41) is 26.7. The van der Waals surface area contributed by atoms with Crippen molar-refractivity contribution in [2.24, 2.45) is 0 Å². The lowest BCUT2D eigenvalue weighted by atomic mass is 10.0. The molecule has 1 aliphatic heterocycles. The summed E-state index contributed by atoms with van der Waals surface area (Å²) in [5.41, 5.74) is 0.267. The van der Waals surface area contributed by atoms with Crippen molar-refractivity contribution in [3.8, 4) is 6.07 Å². The van der Waals surface area contributed by atoms with Gasteiger partial charge in [-0.15, -0.1) is 5.10 Å². The number of anilines is 2. The van der Waals surface area contributed by atoms with Gasteiger partial charge in [-0.25, -0.2) is 5.10 Å². The molecule has 0 saturated carbocycles. The molecule has 8 heteroatoms. The molecule has 0 aliphatic carbocycles. The quantitative estimate of drug-likeness (QED) is 0.863. The van der Waals surface area contributed by atoms with E-state index in [2.05, 4.69) is 36.7 Å². The van der Waals surface area contributed by atoms with Gasteiger partial charge in [-0.2, -0.15) is 15.5 Å². The first-order valence-electron chi connectivity index (χ1n) is 7.56. The van der Waals surface area contributed by atoms with Gasteiger partial charge < -0.3 is 10.2 Å². The number of H-pyrrole nitrogens is 1. The number of nitriles is 1. The molecule has 0 radical (unpaired) electrons. The van der Waals surface area contributed by atoms with Crippen LogP contribution in [-0.4, -0.2) is 39.5 Å². The molecular weight excluding hydrogens is 294 g/mol. The fourth-order valence-corrected chi connectivity index (χ4v) is 2.78. The van der Waals surface area contributed by atoms with Gasteiger partial charge in [-0.1, -0.05) is 0 Å². The molecule has 0 amide bonds. The lowest BCUT2D eigenvalue weighted by Gasteiger charge is -2.36. The Morgan fingerprint density at radius 3 is 3.09 bits per heavy atom. The molecule has 0 spiro atoms. The Hall–Kier alpha value is -2.95. The van der Waals surface area contributed by atoms with E-state index in [1.807, 2.05) is 0 Å². The van der Waals surface area contributed by atoms with Gasteiger partial charge in [0.1, 0.15) is 11.9 Å². The number of aromatic amines is 1. The van der Waals surface area contributed by atoms with Crippen LogP contribution in [0.25, 0.3) is 0 Å². The molecule has 2 N–H and O–H groups in total. The lowest BCUT2D eigenvalue weighted by molar-refractivity contribution is 0.467. The minimum Gasteiger partial charge on any atom is -0.365 e. The van der Waals surface area contributed by atoms with Crippen LogP contribution in [-0.2, 0) is 0 Å². The third-order valence-corrected chi connectivity index (χ3v) is 3.93. The highest BCUT2D eigenvalue weighted by molar-refractivity contribution is 5.50. The zero-order valence-corrected chi connectivity index (χ0v) is 12.6. The standard InChI is InChI=1S/C15H17N7O/c16-9-11-6-7-18-21-15(11)17-10-12-3-1-2-8-22(12)13-4-5-14(23)20-19-13/h4-7,12H,1-3,8,10H2,(H,17,21)(H,20,23). The normalized spacial score (nSPS) is 17.5. The summed E-state index contributed by atoms with van der Waals surface area (Å²) >= 11 is 0. The molecule has 3 heterocycles. The molecule has 1 fully saturated rings. The Morgan fingerprint density at radius 2 is 2.30 bits per heavy atom. The van der Waals surface area contributed by atoms with Gasteiger partial charge in [-0.3, -0.25) is 4.79 Å². The van der Waals surface area contributed by atoms with Gasteiger partial charge in [0.2, 0.25) is 0 Å². The summed E-state index contributed by atoms with van der Waals surface area (Å²) in [5.74, 6) is 1.26. The Balaban J connectivity index is 1.73. The summed E-state index contributed by atoms with van der Waals surface area (Å²) in [4.78, 5) is 13.3. The Labute approximate surface area is 133 Å². The molecule has 0 aromatic carbocycles. The molecule has 1 atom stereocenters. The fraction of sp³-hybridized carbons (Fsp3) is 0.400. The Bertz CT molecular complexity index is 746. The molecular formula is C15H17N7O. The highest BCUT2D eigenvalue weighted by atomic mass is 16.1. The zero-order chi connectivity index (χ0) is 16.1. The van der Waals surface area contributed by atoms with Crippen LogP contribution in [0.1, 0.15) is 24.8 Å². The number of nitrogens with zero attached hydrogens (tertiary/aromatic N) is 5. The van der Waals surface area contributed by atoms with E-state index in [-0.39, 0.29) is 11.6 Å². The monoisotopic (exact) mass is 311 g/mol. The maximum Gasteiger partial charge on any atom is 0.264 e. The van der Waals surface area contributed by atoms with Crippen molar-refractivity contribution in [1.82, 2.24) is 20.4 Å². The molecule has 1 unspecified atom stereocenters.